The van der Waals surface area contributed by atoms with Crippen molar-refractivity contribution in [3.63, 3.8) is 0 Å². The van der Waals surface area contributed by atoms with E-state index in [0.29, 0.717) is 13.2 Å². The quantitative estimate of drug-likeness (QED) is 0.577. The third kappa shape index (κ3) is 5.75. The molecular weight excluding hydrogens is 463 g/mol. The predicted molar refractivity (Wildman–Crippen MR) is 124 cm³/mol. The molecule has 188 valence electrons. The van der Waals surface area contributed by atoms with E-state index in [9.17, 15) is 22.8 Å². The topological polar surface area (TPSA) is 99.9 Å². The molecular formula is C24H28F3N5O3. The summed E-state index contributed by atoms with van der Waals surface area (Å²) in [7, 11) is 1.85. The molecule has 0 spiro atoms. The lowest BCUT2D eigenvalue weighted by Crippen LogP contribution is -2.58. The number of amides is 2. The molecule has 35 heavy (non-hydrogen) atoms. The van der Waals surface area contributed by atoms with Crippen molar-refractivity contribution in [1.29, 1.82) is 0 Å². The molecule has 2 amide bonds. The molecule has 2 heterocycles. The molecule has 4 rings (SSSR count). The number of fused-ring (bicyclic) bond motifs is 1. The monoisotopic (exact) mass is 491 g/mol. The highest BCUT2D eigenvalue weighted by atomic mass is 19.4. The van der Waals surface area contributed by atoms with E-state index in [1.807, 2.05) is 36.4 Å². The summed E-state index contributed by atoms with van der Waals surface area (Å²) in [4.78, 5) is 27.9. The van der Waals surface area contributed by atoms with E-state index in [2.05, 4.69) is 10.7 Å². The molecule has 0 radical (unpaired) electrons. The van der Waals surface area contributed by atoms with Crippen molar-refractivity contribution in [3.05, 3.63) is 65.8 Å². The van der Waals surface area contributed by atoms with Crippen LogP contribution in [0.5, 0.6) is 0 Å². The summed E-state index contributed by atoms with van der Waals surface area (Å²) >= 11 is 0. The van der Waals surface area contributed by atoms with Crippen LogP contribution in [0, 0.1) is 5.92 Å². The SMILES string of the molecule is CN1NC2C=CC=CC2C1C(=O)N1CCOCC1CNC(=O)c1ccc(/C(N)=C\C(F)(F)F)cc1. The summed E-state index contributed by atoms with van der Waals surface area (Å²) in [6.07, 6.45) is 3.44. The number of carbonyl (C=O) groups excluding carboxylic acids is 2. The zero-order valence-electron chi connectivity index (χ0n) is 19.2. The molecule has 4 unspecified atom stereocenters. The van der Waals surface area contributed by atoms with Crippen LogP contribution in [0.2, 0.25) is 0 Å². The van der Waals surface area contributed by atoms with E-state index in [-0.39, 0.29) is 60.3 Å². The molecule has 4 N–H and O–H groups in total. The number of hydrogen-bond acceptors (Lipinski definition) is 6. The fourth-order valence-electron chi connectivity index (χ4n) is 4.63. The maximum absolute atomic E-state index is 13.5. The first-order valence-electron chi connectivity index (χ1n) is 11.3. The minimum absolute atomic E-state index is 0.00734. The molecule has 4 atom stereocenters. The Hall–Kier alpha value is -3.15. The molecule has 0 saturated carbocycles. The molecule has 0 aromatic heterocycles. The fourth-order valence-corrected chi connectivity index (χ4v) is 4.63. The molecule has 1 aromatic rings. The first-order valence-corrected chi connectivity index (χ1v) is 11.3. The van der Waals surface area contributed by atoms with Gasteiger partial charge in [0, 0.05) is 49.4 Å². The van der Waals surface area contributed by atoms with Gasteiger partial charge >= 0.3 is 6.18 Å². The molecule has 0 bridgehead atoms. The second-order valence-corrected chi connectivity index (χ2v) is 8.75. The smallest absolute Gasteiger partial charge is 0.398 e. The number of carbonyl (C=O) groups is 2. The van der Waals surface area contributed by atoms with Gasteiger partial charge in [-0.05, 0) is 17.7 Å². The Morgan fingerprint density at radius 2 is 1.89 bits per heavy atom. The number of nitrogens with two attached hydrogens (primary N) is 1. The van der Waals surface area contributed by atoms with Crippen LogP contribution in [0.1, 0.15) is 15.9 Å². The van der Waals surface area contributed by atoms with Crippen molar-refractivity contribution < 1.29 is 27.5 Å². The van der Waals surface area contributed by atoms with Gasteiger partial charge in [-0.3, -0.25) is 9.59 Å². The lowest BCUT2D eigenvalue weighted by molar-refractivity contribution is -0.145. The summed E-state index contributed by atoms with van der Waals surface area (Å²) in [5, 5.41) is 4.64. The predicted octanol–water partition coefficient (Wildman–Crippen LogP) is 1.44. The molecule has 3 aliphatic rings. The van der Waals surface area contributed by atoms with Gasteiger partial charge in [-0.2, -0.15) is 13.2 Å². The van der Waals surface area contributed by atoms with Crippen molar-refractivity contribution >= 4 is 17.5 Å². The molecule has 11 heteroatoms. The van der Waals surface area contributed by atoms with Gasteiger partial charge in [-0.25, -0.2) is 10.4 Å². The van der Waals surface area contributed by atoms with Crippen molar-refractivity contribution in [3.8, 4) is 0 Å². The van der Waals surface area contributed by atoms with Gasteiger partial charge in [-0.15, -0.1) is 0 Å². The number of allylic oxidation sites excluding steroid dienone is 3. The Balaban J connectivity index is 1.39. The summed E-state index contributed by atoms with van der Waals surface area (Å²) in [5.41, 5.74) is 8.79. The number of likely N-dealkylation sites (N-methyl/N-ethyl adjacent to an activating group) is 1. The van der Waals surface area contributed by atoms with Crippen LogP contribution in [-0.4, -0.2) is 79.4 Å². The van der Waals surface area contributed by atoms with Crippen LogP contribution < -0.4 is 16.5 Å². The first kappa shape index (κ1) is 25.0. The lowest BCUT2D eigenvalue weighted by atomic mass is 9.89. The minimum atomic E-state index is -4.53. The number of hydrazine groups is 1. The highest BCUT2D eigenvalue weighted by Crippen LogP contribution is 2.28. The van der Waals surface area contributed by atoms with E-state index in [1.165, 1.54) is 24.3 Å². The van der Waals surface area contributed by atoms with E-state index in [0.717, 1.165) is 0 Å². The molecule has 1 aromatic carbocycles. The summed E-state index contributed by atoms with van der Waals surface area (Å²) in [6.45, 7) is 1.30. The van der Waals surface area contributed by atoms with Gasteiger partial charge in [0.25, 0.3) is 5.91 Å². The Morgan fingerprint density at radius 1 is 1.20 bits per heavy atom. The van der Waals surface area contributed by atoms with E-state index < -0.39 is 17.8 Å². The molecule has 1 aliphatic carbocycles. The number of morpholine rings is 1. The van der Waals surface area contributed by atoms with E-state index in [4.69, 9.17) is 10.5 Å². The van der Waals surface area contributed by atoms with Crippen molar-refractivity contribution in [2.75, 3.05) is 33.4 Å². The van der Waals surface area contributed by atoms with Crippen molar-refractivity contribution in [1.82, 2.24) is 20.7 Å². The van der Waals surface area contributed by atoms with Gasteiger partial charge in [0.2, 0.25) is 5.91 Å². The van der Waals surface area contributed by atoms with E-state index in [1.54, 1.807) is 4.90 Å². The van der Waals surface area contributed by atoms with Crippen LogP contribution in [0.3, 0.4) is 0 Å². The zero-order valence-corrected chi connectivity index (χ0v) is 19.2. The number of alkyl halides is 3. The van der Waals surface area contributed by atoms with Gasteiger partial charge in [-0.1, -0.05) is 36.4 Å². The van der Waals surface area contributed by atoms with Crippen LogP contribution in [-0.2, 0) is 9.53 Å². The van der Waals surface area contributed by atoms with Crippen molar-refractivity contribution in [2.24, 2.45) is 11.7 Å². The zero-order chi connectivity index (χ0) is 25.2. The Kier molecular flexibility index (Phi) is 7.29. The third-order valence-electron chi connectivity index (χ3n) is 6.37. The lowest BCUT2D eigenvalue weighted by Gasteiger charge is -2.38. The Labute approximate surface area is 201 Å². The average molecular weight is 492 g/mol. The first-order chi connectivity index (χ1) is 16.6. The maximum atomic E-state index is 13.5. The molecule has 8 nitrogen and oxygen atoms in total. The minimum Gasteiger partial charge on any atom is -0.398 e. The summed E-state index contributed by atoms with van der Waals surface area (Å²) < 4.78 is 43.1. The molecule has 2 aliphatic heterocycles. The number of rotatable bonds is 5. The Morgan fingerprint density at radius 3 is 2.60 bits per heavy atom. The number of halogens is 3. The second-order valence-electron chi connectivity index (χ2n) is 8.75. The maximum Gasteiger partial charge on any atom is 0.411 e. The Bertz CT molecular complexity index is 1040. The number of nitrogens with one attached hydrogen (secondary N) is 2. The van der Waals surface area contributed by atoms with Crippen LogP contribution in [0.4, 0.5) is 13.2 Å². The van der Waals surface area contributed by atoms with Gasteiger partial charge in [0.1, 0.15) is 6.04 Å². The fraction of sp³-hybridized carbons (Fsp3) is 0.417. The van der Waals surface area contributed by atoms with Crippen molar-refractivity contribution in [2.45, 2.75) is 24.3 Å². The van der Waals surface area contributed by atoms with E-state index >= 15 is 0 Å². The van der Waals surface area contributed by atoms with Gasteiger partial charge in [0.05, 0.1) is 19.3 Å². The van der Waals surface area contributed by atoms with Crippen LogP contribution in [0.25, 0.3) is 5.70 Å². The van der Waals surface area contributed by atoms with Crippen LogP contribution in [0.15, 0.2) is 54.6 Å². The standard InChI is InChI=1S/C24H28F3N5O3/c1-31-21(18-4-2-3-5-20(18)30-31)23(34)32-10-11-35-14-17(32)13-29-22(33)16-8-6-15(7-9-16)19(28)12-24(25,26)27/h2-9,12,17-18,20-21,30H,10-11,13-14,28H2,1H3,(H,29,33)/b19-12+. The second kappa shape index (κ2) is 10.2. The largest absolute Gasteiger partial charge is 0.411 e. The number of hydrogen-bond donors (Lipinski definition) is 3. The van der Waals surface area contributed by atoms with Gasteiger partial charge < -0.3 is 20.7 Å². The molecule has 2 saturated heterocycles. The summed E-state index contributed by atoms with van der Waals surface area (Å²) in [6, 6.07) is 4.87. The highest BCUT2D eigenvalue weighted by molar-refractivity contribution is 5.94. The third-order valence-corrected chi connectivity index (χ3v) is 6.37. The summed E-state index contributed by atoms with van der Waals surface area (Å²) in [5.74, 6) is -0.438. The average Bonchev–Trinajstić information content (AvgIpc) is 3.17. The number of benzene rings is 1. The van der Waals surface area contributed by atoms with Gasteiger partial charge in [0.15, 0.2) is 0 Å². The van der Waals surface area contributed by atoms with Crippen LogP contribution >= 0.6 is 0 Å². The highest BCUT2D eigenvalue weighted by Gasteiger charge is 2.45. The normalized spacial score (nSPS) is 27.1. The number of nitrogens with zero attached hydrogens (tertiary/aromatic N) is 2. The molecule has 2 fully saturated rings. The number of ether oxygens (including phenoxy) is 1.